The van der Waals surface area contributed by atoms with E-state index in [9.17, 15) is 4.79 Å². The predicted octanol–water partition coefficient (Wildman–Crippen LogP) is 4.50. The van der Waals surface area contributed by atoms with Crippen molar-refractivity contribution in [2.75, 3.05) is 46.9 Å². The summed E-state index contributed by atoms with van der Waals surface area (Å²) in [4.78, 5) is 17.4. The van der Waals surface area contributed by atoms with Crippen LogP contribution in [0.25, 0.3) is 6.08 Å². The summed E-state index contributed by atoms with van der Waals surface area (Å²) in [6.07, 6.45) is 8.40. The number of hydrogen-bond acceptors (Lipinski definition) is 5. The predicted molar refractivity (Wildman–Crippen MR) is 130 cm³/mol. The zero-order valence-corrected chi connectivity index (χ0v) is 19.7. The third kappa shape index (κ3) is 5.88. The first-order valence-corrected chi connectivity index (χ1v) is 11.8. The van der Waals surface area contributed by atoms with E-state index in [2.05, 4.69) is 23.1 Å². The Labute approximate surface area is 196 Å². The number of carbonyl (C=O) groups is 1. The second kappa shape index (κ2) is 11.2. The monoisotopic (exact) mass is 450 g/mol. The maximum absolute atomic E-state index is 13.0. The van der Waals surface area contributed by atoms with Crippen LogP contribution in [0.3, 0.4) is 0 Å². The molecule has 2 aliphatic rings. The van der Waals surface area contributed by atoms with Crippen molar-refractivity contribution >= 4 is 12.0 Å². The van der Waals surface area contributed by atoms with E-state index in [4.69, 9.17) is 14.2 Å². The average Bonchev–Trinajstić information content (AvgIpc) is 3.40. The molecule has 6 heteroatoms. The van der Waals surface area contributed by atoms with Crippen LogP contribution in [0.5, 0.6) is 17.2 Å². The Morgan fingerprint density at radius 1 is 0.970 bits per heavy atom. The molecule has 0 aliphatic carbocycles. The first-order valence-electron chi connectivity index (χ1n) is 11.8. The maximum Gasteiger partial charge on any atom is 0.257 e. The summed E-state index contributed by atoms with van der Waals surface area (Å²) < 4.78 is 17.2. The van der Waals surface area contributed by atoms with Gasteiger partial charge in [0.2, 0.25) is 0 Å². The van der Waals surface area contributed by atoms with Gasteiger partial charge in [-0.05, 0) is 43.9 Å². The third-order valence-corrected chi connectivity index (χ3v) is 6.44. The van der Waals surface area contributed by atoms with Gasteiger partial charge in [0.15, 0.2) is 0 Å². The molecule has 2 aromatic rings. The van der Waals surface area contributed by atoms with E-state index in [1.54, 1.807) is 14.2 Å². The highest BCUT2D eigenvalue weighted by Crippen LogP contribution is 2.30. The number of hydrogen-bond donors (Lipinski definition) is 0. The summed E-state index contributed by atoms with van der Waals surface area (Å²) >= 11 is 0. The minimum Gasteiger partial charge on any atom is -0.497 e. The minimum atomic E-state index is 0.0593. The topological polar surface area (TPSA) is 51.2 Å². The molecule has 33 heavy (non-hydrogen) atoms. The molecule has 0 radical (unpaired) electrons. The SMILES string of the molecule is COc1ccc(C(=O)N2CCCC2)c(OC2CCN(C/C=C/c3ccccc3OC)CC2)c1. The Morgan fingerprint density at radius 3 is 2.45 bits per heavy atom. The Morgan fingerprint density at radius 2 is 1.73 bits per heavy atom. The molecule has 0 saturated carbocycles. The van der Waals surface area contributed by atoms with Crippen molar-refractivity contribution in [2.45, 2.75) is 31.8 Å². The average molecular weight is 451 g/mol. The number of amides is 1. The Bertz CT molecular complexity index is 960. The van der Waals surface area contributed by atoms with E-state index in [1.807, 2.05) is 41.3 Å². The van der Waals surface area contributed by atoms with Crippen LogP contribution < -0.4 is 14.2 Å². The molecular formula is C27H34N2O4. The second-order valence-electron chi connectivity index (χ2n) is 8.62. The van der Waals surface area contributed by atoms with Crippen molar-refractivity contribution in [3.05, 3.63) is 59.7 Å². The summed E-state index contributed by atoms with van der Waals surface area (Å²) in [5.74, 6) is 2.30. The van der Waals surface area contributed by atoms with Crippen molar-refractivity contribution in [1.29, 1.82) is 0 Å². The fourth-order valence-corrected chi connectivity index (χ4v) is 4.52. The van der Waals surface area contributed by atoms with Crippen molar-refractivity contribution in [1.82, 2.24) is 9.80 Å². The lowest BCUT2D eigenvalue weighted by Crippen LogP contribution is -2.38. The Kier molecular flexibility index (Phi) is 7.89. The van der Waals surface area contributed by atoms with Gasteiger partial charge in [-0.15, -0.1) is 0 Å². The van der Waals surface area contributed by atoms with E-state index >= 15 is 0 Å². The smallest absolute Gasteiger partial charge is 0.257 e. The minimum absolute atomic E-state index is 0.0593. The normalized spacial score (nSPS) is 17.5. The van der Waals surface area contributed by atoms with Crippen LogP contribution in [-0.2, 0) is 0 Å². The molecule has 2 fully saturated rings. The summed E-state index contributed by atoms with van der Waals surface area (Å²) in [5, 5.41) is 0. The fourth-order valence-electron chi connectivity index (χ4n) is 4.52. The Balaban J connectivity index is 1.34. The van der Waals surface area contributed by atoms with Crippen LogP contribution in [-0.4, -0.2) is 68.8 Å². The highest BCUT2D eigenvalue weighted by Gasteiger charge is 2.26. The van der Waals surface area contributed by atoms with E-state index in [-0.39, 0.29) is 12.0 Å². The molecule has 2 aromatic carbocycles. The highest BCUT2D eigenvalue weighted by atomic mass is 16.5. The van der Waals surface area contributed by atoms with E-state index in [0.29, 0.717) is 17.1 Å². The maximum atomic E-state index is 13.0. The first-order chi connectivity index (χ1) is 16.2. The molecule has 2 heterocycles. The van der Waals surface area contributed by atoms with Crippen LogP contribution in [0.1, 0.15) is 41.6 Å². The number of ether oxygens (including phenoxy) is 3. The van der Waals surface area contributed by atoms with Crippen LogP contribution in [0, 0.1) is 0 Å². The Hall–Kier alpha value is -2.99. The van der Waals surface area contributed by atoms with Gasteiger partial charge in [-0.2, -0.15) is 0 Å². The van der Waals surface area contributed by atoms with E-state index in [0.717, 1.165) is 69.7 Å². The lowest BCUT2D eigenvalue weighted by Gasteiger charge is -2.32. The van der Waals surface area contributed by atoms with Crippen molar-refractivity contribution in [3.63, 3.8) is 0 Å². The molecule has 0 atom stereocenters. The number of carbonyl (C=O) groups excluding carboxylic acids is 1. The molecule has 2 aliphatic heterocycles. The summed E-state index contributed by atoms with van der Waals surface area (Å²) in [5.41, 5.74) is 1.73. The third-order valence-electron chi connectivity index (χ3n) is 6.44. The van der Waals surface area contributed by atoms with Gasteiger partial charge in [0.05, 0.1) is 19.8 Å². The van der Waals surface area contributed by atoms with Gasteiger partial charge in [0.25, 0.3) is 5.91 Å². The molecule has 6 nitrogen and oxygen atoms in total. The van der Waals surface area contributed by atoms with E-state index < -0.39 is 0 Å². The second-order valence-corrected chi connectivity index (χ2v) is 8.62. The van der Waals surface area contributed by atoms with Crippen molar-refractivity contribution in [2.24, 2.45) is 0 Å². The standard InChI is InChI=1S/C27H34N2O4/c1-31-23-11-12-24(27(30)29-16-5-6-17-29)26(20-23)33-22-13-18-28(19-14-22)15-7-9-21-8-3-4-10-25(21)32-2/h3-4,7-12,20,22H,5-6,13-19H2,1-2H3/b9-7+. The van der Waals surface area contributed by atoms with Gasteiger partial charge in [0, 0.05) is 44.4 Å². The molecule has 0 N–H and O–H groups in total. The van der Waals surface area contributed by atoms with Gasteiger partial charge in [0.1, 0.15) is 23.4 Å². The van der Waals surface area contributed by atoms with Gasteiger partial charge in [-0.25, -0.2) is 0 Å². The zero-order valence-electron chi connectivity index (χ0n) is 19.7. The molecule has 1 amide bonds. The number of benzene rings is 2. The van der Waals surface area contributed by atoms with Crippen LogP contribution in [0.2, 0.25) is 0 Å². The number of nitrogens with zero attached hydrogens (tertiary/aromatic N) is 2. The molecule has 0 unspecified atom stereocenters. The first kappa shape index (κ1) is 23.2. The molecule has 0 bridgehead atoms. The molecule has 4 rings (SSSR count). The number of piperidine rings is 1. The highest BCUT2D eigenvalue weighted by molar-refractivity contribution is 5.97. The largest absolute Gasteiger partial charge is 0.497 e. The van der Waals surface area contributed by atoms with Crippen molar-refractivity contribution in [3.8, 4) is 17.2 Å². The molecule has 0 spiro atoms. The quantitative estimate of drug-likeness (QED) is 0.593. The van der Waals surface area contributed by atoms with Crippen LogP contribution in [0.15, 0.2) is 48.5 Å². The van der Waals surface area contributed by atoms with Crippen LogP contribution in [0.4, 0.5) is 0 Å². The van der Waals surface area contributed by atoms with E-state index in [1.165, 1.54) is 0 Å². The number of para-hydroxylation sites is 1. The lowest BCUT2D eigenvalue weighted by molar-refractivity contribution is 0.0771. The zero-order chi connectivity index (χ0) is 23.0. The number of rotatable bonds is 8. The molecular weight excluding hydrogens is 416 g/mol. The fraction of sp³-hybridized carbons (Fsp3) is 0.444. The molecule has 2 saturated heterocycles. The van der Waals surface area contributed by atoms with Gasteiger partial charge in [-0.1, -0.05) is 30.4 Å². The van der Waals surface area contributed by atoms with Gasteiger partial charge >= 0.3 is 0 Å². The number of likely N-dealkylation sites (tertiary alicyclic amines) is 2. The lowest BCUT2D eigenvalue weighted by atomic mass is 10.1. The molecule has 0 aromatic heterocycles. The van der Waals surface area contributed by atoms with Gasteiger partial charge in [-0.3, -0.25) is 9.69 Å². The van der Waals surface area contributed by atoms with Crippen LogP contribution >= 0.6 is 0 Å². The summed E-state index contributed by atoms with van der Waals surface area (Å²) in [6, 6.07) is 13.6. The molecule has 176 valence electrons. The summed E-state index contributed by atoms with van der Waals surface area (Å²) in [7, 11) is 3.34. The number of methoxy groups -OCH3 is 2. The van der Waals surface area contributed by atoms with Crippen molar-refractivity contribution < 1.29 is 19.0 Å². The van der Waals surface area contributed by atoms with Gasteiger partial charge < -0.3 is 19.1 Å². The summed E-state index contributed by atoms with van der Waals surface area (Å²) in [6.45, 7) is 4.46.